The molecule has 10 heteroatoms. The van der Waals surface area contributed by atoms with Crippen molar-refractivity contribution in [2.24, 2.45) is 0 Å². The zero-order valence-corrected chi connectivity index (χ0v) is 19.4. The molecule has 5 nitrogen and oxygen atoms in total. The van der Waals surface area contributed by atoms with E-state index in [1.54, 1.807) is 17.5 Å². The maximum absolute atomic E-state index is 14.7. The van der Waals surface area contributed by atoms with Gasteiger partial charge >= 0.3 is 0 Å². The van der Waals surface area contributed by atoms with Gasteiger partial charge in [-0.2, -0.15) is 0 Å². The molecule has 174 valence electrons. The Kier molecular flexibility index (Phi) is 7.21. The van der Waals surface area contributed by atoms with Crippen molar-refractivity contribution in [1.29, 1.82) is 0 Å². The molecule has 1 fully saturated rings. The van der Waals surface area contributed by atoms with Crippen molar-refractivity contribution in [2.45, 2.75) is 19.3 Å². The summed E-state index contributed by atoms with van der Waals surface area (Å²) >= 11 is 6.93. The summed E-state index contributed by atoms with van der Waals surface area (Å²) in [6.07, 6.45) is 0.386. The fraction of sp³-hybridized carbons (Fsp3) is 0.304. The summed E-state index contributed by atoms with van der Waals surface area (Å²) in [6, 6.07) is 6.86. The molecule has 33 heavy (non-hydrogen) atoms. The zero-order chi connectivity index (χ0) is 23.5. The van der Waals surface area contributed by atoms with Crippen molar-refractivity contribution in [1.82, 2.24) is 10.3 Å². The number of nitrogens with one attached hydrogen (secondary N) is 2. The highest BCUT2D eigenvalue weighted by Crippen LogP contribution is 2.28. The highest BCUT2D eigenvalue weighted by Gasteiger charge is 2.23. The molecule has 0 radical (unpaired) electrons. The minimum absolute atomic E-state index is 0.144. The number of hydrogen-bond acceptors (Lipinski definition) is 5. The largest absolute Gasteiger partial charge is 0.369 e. The van der Waals surface area contributed by atoms with Gasteiger partial charge in [0, 0.05) is 48.2 Å². The van der Waals surface area contributed by atoms with E-state index in [-0.39, 0.29) is 11.0 Å². The molecule has 2 aromatic carbocycles. The Labute approximate surface area is 198 Å². The fourth-order valence-corrected chi connectivity index (χ4v) is 4.72. The number of anilines is 2. The topological polar surface area (TPSA) is 57.3 Å². The summed E-state index contributed by atoms with van der Waals surface area (Å²) in [5, 5.41) is 7.91. The zero-order valence-electron chi connectivity index (χ0n) is 17.8. The Morgan fingerprint density at radius 3 is 2.55 bits per heavy atom. The smallest absolute Gasteiger partial charge is 0.263 e. The number of nitrogens with zero attached hydrogens (tertiary/aromatic N) is 2. The predicted octanol–water partition coefficient (Wildman–Crippen LogP) is 5.22. The molecular formula is C23H22ClF3N4OS. The van der Waals surface area contributed by atoms with Gasteiger partial charge in [-0.3, -0.25) is 10.1 Å². The quantitative estimate of drug-likeness (QED) is 0.493. The number of rotatable bonds is 6. The highest BCUT2D eigenvalue weighted by molar-refractivity contribution is 7.14. The second-order valence-electron chi connectivity index (χ2n) is 7.89. The first-order valence-corrected chi connectivity index (χ1v) is 11.7. The van der Waals surface area contributed by atoms with E-state index < -0.39 is 28.9 Å². The van der Waals surface area contributed by atoms with Crippen molar-refractivity contribution in [2.75, 3.05) is 36.4 Å². The fourth-order valence-electron chi connectivity index (χ4n) is 3.73. The van der Waals surface area contributed by atoms with Crippen molar-refractivity contribution in [3.8, 4) is 0 Å². The van der Waals surface area contributed by atoms with Gasteiger partial charge in [-0.15, -0.1) is 11.3 Å². The predicted molar refractivity (Wildman–Crippen MR) is 125 cm³/mol. The Morgan fingerprint density at radius 1 is 1.18 bits per heavy atom. The number of carbonyl (C=O) groups excluding carboxylic acids is 1. The van der Waals surface area contributed by atoms with Crippen LogP contribution in [-0.4, -0.2) is 37.1 Å². The first-order chi connectivity index (χ1) is 15.8. The number of amides is 1. The van der Waals surface area contributed by atoms with E-state index in [0.29, 0.717) is 41.5 Å². The summed E-state index contributed by atoms with van der Waals surface area (Å²) in [5.41, 5.74) is 0.892. The van der Waals surface area contributed by atoms with Crippen LogP contribution in [0.1, 0.15) is 34.5 Å². The van der Waals surface area contributed by atoms with E-state index in [1.165, 1.54) is 18.2 Å². The van der Waals surface area contributed by atoms with E-state index in [2.05, 4.69) is 15.6 Å². The van der Waals surface area contributed by atoms with Gasteiger partial charge in [0.05, 0.1) is 5.69 Å². The standard InChI is InChI=1S/C23H22ClF3N4OS/c1-13(8-14-2-3-15(24)9-17(14)25)20-12-33-23(29-20)30-22(32)21-18(26)10-16(11-19(21)27)31-6-4-28-5-7-31/h2-3,9-13,28H,4-8H2,1H3,(H,29,30,32)/t13-/m0/s1. The van der Waals surface area contributed by atoms with Crippen LogP contribution >= 0.6 is 22.9 Å². The van der Waals surface area contributed by atoms with E-state index in [1.807, 2.05) is 11.8 Å². The second-order valence-corrected chi connectivity index (χ2v) is 9.19. The van der Waals surface area contributed by atoms with Gasteiger partial charge in [0.25, 0.3) is 5.91 Å². The molecule has 4 rings (SSSR count). The molecule has 1 aliphatic rings. The molecule has 1 atom stereocenters. The molecule has 0 aliphatic carbocycles. The van der Waals surface area contributed by atoms with Crippen molar-refractivity contribution in [3.05, 3.63) is 75.0 Å². The molecule has 0 saturated carbocycles. The number of carbonyl (C=O) groups is 1. The SMILES string of the molecule is C[C@@H](Cc1ccc(Cl)cc1F)c1csc(NC(=O)c2c(F)cc(N3CCNCC3)cc2F)n1. The second kappa shape index (κ2) is 10.1. The molecule has 2 N–H and O–H groups in total. The number of halogens is 4. The van der Waals surface area contributed by atoms with Crippen LogP contribution in [0.5, 0.6) is 0 Å². The van der Waals surface area contributed by atoms with Crippen LogP contribution in [0.4, 0.5) is 24.0 Å². The summed E-state index contributed by atoms with van der Waals surface area (Å²) in [7, 11) is 0. The van der Waals surface area contributed by atoms with E-state index in [4.69, 9.17) is 11.6 Å². The first kappa shape index (κ1) is 23.5. The molecule has 3 aromatic rings. The van der Waals surface area contributed by atoms with Crippen LogP contribution in [0, 0.1) is 17.5 Å². The number of hydrogen-bond donors (Lipinski definition) is 2. The molecular weight excluding hydrogens is 473 g/mol. The maximum atomic E-state index is 14.7. The van der Waals surface area contributed by atoms with Gasteiger partial charge in [0.2, 0.25) is 0 Å². The lowest BCUT2D eigenvalue weighted by Gasteiger charge is -2.29. The molecule has 0 bridgehead atoms. The minimum atomic E-state index is -0.926. The Balaban J connectivity index is 1.45. The molecule has 1 saturated heterocycles. The first-order valence-electron chi connectivity index (χ1n) is 10.5. The number of thiazole rings is 1. The monoisotopic (exact) mass is 494 g/mol. The van der Waals surface area contributed by atoms with Crippen LogP contribution in [0.2, 0.25) is 5.02 Å². The van der Waals surface area contributed by atoms with Crippen LogP contribution in [0.3, 0.4) is 0 Å². The van der Waals surface area contributed by atoms with Gasteiger partial charge in [-0.05, 0) is 36.2 Å². The summed E-state index contributed by atoms with van der Waals surface area (Å²) in [4.78, 5) is 18.8. The van der Waals surface area contributed by atoms with Crippen LogP contribution in [-0.2, 0) is 6.42 Å². The van der Waals surface area contributed by atoms with Gasteiger partial charge in [0.15, 0.2) is 5.13 Å². The summed E-state index contributed by atoms with van der Waals surface area (Å²) < 4.78 is 43.4. The van der Waals surface area contributed by atoms with Crippen molar-refractivity contribution >= 4 is 39.7 Å². The van der Waals surface area contributed by atoms with Gasteiger partial charge in [-0.1, -0.05) is 24.6 Å². The normalized spacial score (nSPS) is 14.9. The third kappa shape index (κ3) is 5.48. The van der Waals surface area contributed by atoms with Crippen LogP contribution in [0.15, 0.2) is 35.7 Å². The number of piperazine rings is 1. The van der Waals surface area contributed by atoms with E-state index >= 15 is 0 Å². The van der Waals surface area contributed by atoms with Crippen molar-refractivity contribution in [3.63, 3.8) is 0 Å². The highest BCUT2D eigenvalue weighted by atomic mass is 35.5. The van der Waals surface area contributed by atoms with Gasteiger partial charge in [0.1, 0.15) is 23.0 Å². The number of aromatic nitrogens is 1. The third-order valence-electron chi connectivity index (χ3n) is 5.52. The Hall–Kier alpha value is -2.62. The third-order valence-corrected chi connectivity index (χ3v) is 6.54. The number of benzene rings is 2. The lowest BCUT2D eigenvalue weighted by atomic mass is 9.98. The van der Waals surface area contributed by atoms with Crippen LogP contribution in [0.25, 0.3) is 0 Å². The average Bonchev–Trinajstić information content (AvgIpc) is 3.24. The molecule has 2 heterocycles. The Morgan fingerprint density at radius 2 is 1.88 bits per heavy atom. The molecule has 1 amide bonds. The summed E-state index contributed by atoms with van der Waals surface area (Å²) in [5.74, 6) is -3.30. The van der Waals surface area contributed by atoms with Gasteiger partial charge < -0.3 is 10.2 Å². The minimum Gasteiger partial charge on any atom is -0.369 e. The van der Waals surface area contributed by atoms with Crippen molar-refractivity contribution < 1.29 is 18.0 Å². The van der Waals surface area contributed by atoms with E-state index in [9.17, 15) is 18.0 Å². The maximum Gasteiger partial charge on any atom is 0.263 e. The Bertz CT molecular complexity index is 1140. The lowest BCUT2D eigenvalue weighted by molar-refractivity contribution is 0.101. The molecule has 0 spiro atoms. The molecule has 0 unspecified atom stereocenters. The van der Waals surface area contributed by atoms with E-state index in [0.717, 1.165) is 24.4 Å². The van der Waals surface area contributed by atoms with Gasteiger partial charge in [-0.25, -0.2) is 18.2 Å². The van der Waals surface area contributed by atoms with Crippen LogP contribution < -0.4 is 15.5 Å². The lowest BCUT2D eigenvalue weighted by Crippen LogP contribution is -2.43. The average molecular weight is 495 g/mol. The summed E-state index contributed by atoms with van der Waals surface area (Å²) in [6.45, 7) is 4.58. The molecule has 1 aromatic heterocycles. The molecule has 1 aliphatic heterocycles.